The van der Waals surface area contributed by atoms with Crippen LogP contribution < -0.4 is 11.1 Å². The zero-order valence-electron chi connectivity index (χ0n) is 17.3. The minimum Gasteiger partial charge on any atom is -0.772 e. The molecule has 0 fully saturated rings. The summed E-state index contributed by atoms with van der Waals surface area (Å²) in [6, 6.07) is 11.0. The lowest BCUT2D eigenvalue weighted by molar-refractivity contribution is -0.137. The fourth-order valence-electron chi connectivity index (χ4n) is 3.49. The largest absolute Gasteiger partial charge is 0.772 e. The fourth-order valence-corrected chi connectivity index (χ4v) is 3.96. The van der Waals surface area contributed by atoms with Crippen LogP contribution in [0, 0.1) is 6.92 Å². The van der Waals surface area contributed by atoms with E-state index in [0.717, 1.165) is 6.07 Å². The SMILES string of the molecule is Cc1c(C(=O)Nc2ccc(CS(=O)[O-])cc2)cn(CC(N)=O)c1-c1ccccc1C(F)(F)F. The van der Waals surface area contributed by atoms with E-state index < -0.39 is 41.2 Å². The maximum Gasteiger partial charge on any atom is 0.417 e. The van der Waals surface area contributed by atoms with Crippen molar-refractivity contribution >= 4 is 28.6 Å². The van der Waals surface area contributed by atoms with Gasteiger partial charge in [-0.25, -0.2) is 0 Å². The Morgan fingerprint density at radius 1 is 1.12 bits per heavy atom. The van der Waals surface area contributed by atoms with E-state index in [1.807, 2.05) is 0 Å². The van der Waals surface area contributed by atoms with Crippen molar-refractivity contribution in [3.63, 3.8) is 0 Å². The first-order valence-electron chi connectivity index (χ1n) is 9.58. The summed E-state index contributed by atoms with van der Waals surface area (Å²) in [5, 5.41) is 2.63. The second-order valence-corrected chi connectivity index (χ2v) is 8.15. The average molecular weight is 478 g/mol. The van der Waals surface area contributed by atoms with Crippen molar-refractivity contribution in [1.82, 2.24) is 4.57 Å². The Hall–Kier alpha value is -3.44. The molecule has 0 aliphatic rings. The number of nitrogens with two attached hydrogens (primary N) is 1. The van der Waals surface area contributed by atoms with Gasteiger partial charge in [0.15, 0.2) is 0 Å². The molecule has 0 saturated carbocycles. The van der Waals surface area contributed by atoms with Crippen molar-refractivity contribution in [3.05, 3.63) is 77.0 Å². The number of benzene rings is 2. The van der Waals surface area contributed by atoms with E-state index in [1.54, 1.807) is 0 Å². The molecule has 0 bridgehead atoms. The van der Waals surface area contributed by atoms with Gasteiger partial charge in [-0.1, -0.05) is 41.4 Å². The molecular formula is C22H19F3N3O4S-. The molecule has 0 aliphatic carbocycles. The smallest absolute Gasteiger partial charge is 0.417 e. The highest BCUT2D eigenvalue weighted by molar-refractivity contribution is 7.78. The molecule has 1 atom stereocenters. The van der Waals surface area contributed by atoms with Gasteiger partial charge in [0.05, 0.1) is 16.8 Å². The molecule has 3 N–H and O–H groups in total. The fraction of sp³-hybridized carbons (Fsp3) is 0.182. The Morgan fingerprint density at radius 2 is 1.76 bits per heavy atom. The molecule has 2 amide bonds. The van der Waals surface area contributed by atoms with E-state index in [2.05, 4.69) is 5.32 Å². The van der Waals surface area contributed by atoms with Crippen molar-refractivity contribution in [2.24, 2.45) is 5.73 Å². The zero-order chi connectivity index (χ0) is 24.3. The van der Waals surface area contributed by atoms with Gasteiger partial charge in [-0.2, -0.15) is 13.2 Å². The first-order valence-corrected chi connectivity index (χ1v) is 10.8. The van der Waals surface area contributed by atoms with Gasteiger partial charge in [-0.3, -0.25) is 13.8 Å². The number of aromatic nitrogens is 1. The third-order valence-electron chi connectivity index (χ3n) is 4.89. The molecule has 174 valence electrons. The van der Waals surface area contributed by atoms with Gasteiger partial charge in [0, 0.05) is 23.2 Å². The third-order valence-corrected chi connectivity index (χ3v) is 5.46. The standard InChI is InChI=1S/C22H20F3N3O4S/c1-13-17(21(30)27-15-8-6-14(7-9-15)12-33(31)32)10-28(11-19(26)29)20(13)16-4-2-3-5-18(16)22(23,24)25/h2-10H,11-12H2,1H3,(H2,26,29)(H,27,30)(H,31,32)/p-1. The normalized spacial score (nSPS) is 12.4. The predicted octanol–water partition coefficient (Wildman–Crippen LogP) is 3.60. The highest BCUT2D eigenvalue weighted by Crippen LogP contribution is 2.39. The number of nitrogens with zero attached hydrogens (tertiary/aromatic N) is 1. The summed E-state index contributed by atoms with van der Waals surface area (Å²) in [4.78, 5) is 24.5. The molecule has 1 unspecified atom stereocenters. The first kappa shape index (κ1) is 24.2. The topological polar surface area (TPSA) is 117 Å². The third kappa shape index (κ3) is 5.68. The number of halogens is 3. The lowest BCUT2D eigenvalue weighted by Gasteiger charge is -2.15. The number of amides is 2. The van der Waals surface area contributed by atoms with Crippen LogP contribution in [-0.4, -0.2) is 25.1 Å². The van der Waals surface area contributed by atoms with E-state index in [4.69, 9.17) is 5.73 Å². The van der Waals surface area contributed by atoms with Crippen LogP contribution in [0.4, 0.5) is 18.9 Å². The number of carbonyl (C=O) groups is 2. The molecule has 0 radical (unpaired) electrons. The van der Waals surface area contributed by atoms with Crippen molar-refractivity contribution < 1.29 is 31.5 Å². The first-order chi connectivity index (χ1) is 15.5. The van der Waals surface area contributed by atoms with Gasteiger partial charge < -0.3 is 20.2 Å². The molecular weight excluding hydrogens is 459 g/mol. The summed E-state index contributed by atoms with van der Waals surface area (Å²) in [6.07, 6.45) is -3.37. The molecule has 1 aromatic heterocycles. The van der Waals surface area contributed by atoms with E-state index in [1.165, 1.54) is 60.2 Å². The summed E-state index contributed by atoms with van der Waals surface area (Å²) in [6.45, 7) is 1.07. The van der Waals surface area contributed by atoms with E-state index in [-0.39, 0.29) is 28.1 Å². The molecule has 2 aromatic carbocycles. The van der Waals surface area contributed by atoms with Crippen molar-refractivity contribution in [2.75, 3.05) is 5.32 Å². The Labute approximate surface area is 189 Å². The van der Waals surface area contributed by atoms with Gasteiger partial charge in [0.1, 0.15) is 6.54 Å². The summed E-state index contributed by atoms with van der Waals surface area (Å²) in [7, 11) is 0. The minimum atomic E-state index is -4.65. The predicted molar refractivity (Wildman–Crippen MR) is 116 cm³/mol. The number of nitrogens with one attached hydrogen (secondary N) is 1. The van der Waals surface area contributed by atoms with Crippen molar-refractivity contribution in [2.45, 2.75) is 25.4 Å². The highest BCUT2D eigenvalue weighted by Gasteiger charge is 2.35. The lowest BCUT2D eigenvalue weighted by Crippen LogP contribution is -2.19. The number of primary amides is 1. The van der Waals surface area contributed by atoms with Gasteiger partial charge in [-0.05, 0) is 36.2 Å². The minimum absolute atomic E-state index is 0.0557. The summed E-state index contributed by atoms with van der Waals surface area (Å²) >= 11 is -2.26. The van der Waals surface area contributed by atoms with Crippen LogP contribution >= 0.6 is 0 Å². The summed E-state index contributed by atoms with van der Waals surface area (Å²) < 4.78 is 63.6. The molecule has 0 aliphatic heterocycles. The second-order valence-electron chi connectivity index (χ2n) is 7.25. The Balaban J connectivity index is 2.01. The van der Waals surface area contributed by atoms with Crippen LogP contribution in [0.1, 0.15) is 27.0 Å². The lowest BCUT2D eigenvalue weighted by atomic mass is 10.00. The van der Waals surface area contributed by atoms with Crippen LogP contribution in [0.2, 0.25) is 0 Å². The summed E-state index contributed by atoms with van der Waals surface area (Å²) in [5.41, 5.74) is 5.43. The maximum atomic E-state index is 13.6. The van der Waals surface area contributed by atoms with Crippen LogP contribution in [0.15, 0.2) is 54.7 Å². The molecule has 0 spiro atoms. The Kier molecular flexibility index (Phi) is 7.04. The highest BCUT2D eigenvalue weighted by atomic mass is 32.2. The molecule has 3 rings (SSSR count). The molecule has 33 heavy (non-hydrogen) atoms. The molecule has 0 saturated heterocycles. The second kappa shape index (κ2) is 9.59. The number of alkyl halides is 3. The van der Waals surface area contributed by atoms with E-state index in [0.29, 0.717) is 11.3 Å². The molecule has 7 nitrogen and oxygen atoms in total. The number of carbonyl (C=O) groups excluding carboxylic acids is 2. The Morgan fingerprint density at radius 3 is 2.33 bits per heavy atom. The number of rotatable bonds is 7. The number of hydrogen-bond donors (Lipinski definition) is 2. The maximum absolute atomic E-state index is 13.6. The molecule has 1 heterocycles. The van der Waals surface area contributed by atoms with Crippen molar-refractivity contribution in [1.29, 1.82) is 0 Å². The van der Waals surface area contributed by atoms with Crippen molar-refractivity contribution in [3.8, 4) is 11.3 Å². The van der Waals surface area contributed by atoms with E-state index in [9.17, 15) is 31.5 Å². The molecule has 3 aromatic rings. The van der Waals surface area contributed by atoms with Crippen LogP contribution in [0.25, 0.3) is 11.3 Å². The van der Waals surface area contributed by atoms with Gasteiger partial charge in [0.2, 0.25) is 5.91 Å². The average Bonchev–Trinajstić information content (AvgIpc) is 3.03. The van der Waals surface area contributed by atoms with Gasteiger partial charge >= 0.3 is 6.18 Å². The van der Waals surface area contributed by atoms with Gasteiger partial charge in [-0.15, -0.1) is 0 Å². The summed E-state index contributed by atoms with van der Waals surface area (Å²) in [5.74, 6) is -1.57. The number of anilines is 1. The van der Waals surface area contributed by atoms with Crippen LogP contribution in [0.3, 0.4) is 0 Å². The van der Waals surface area contributed by atoms with E-state index >= 15 is 0 Å². The molecule has 11 heteroatoms. The van der Waals surface area contributed by atoms with Crippen LogP contribution in [0.5, 0.6) is 0 Å². The van der Waals surface area contributed by atoms with Crippen LogP contribution in [-0.2, 0) is 34.3 Å². The monoisotopic (exact) mass is 478 g/mol. The zero-order valence-corrected chi connectivity index (χ0v) is 18.1. The number of hydrogen-bond acceptors (Lipinski definition) is 4. The Bertz CT molecular complexity index is 1220. The van der Waals surface area contributed by atoms with Gasteiger partial charge in [0.25, 0.3) is 5.91 Å². The quantitative estimate of drug-likeness (QED) is 0.505.